The van der Waals surface area contributed by atoms with Crippen molar-refractivity contribution in [3.63, 3.8) is 0 Å². The Hall–Kier alpha value is -1.83. The Labute approximate surface area is 158 Å². The van der Waals surface area contributed by atoms with Gasteiger partial charge in [0.1, 0.15) is 5.82 Å². The number of nitrogens with two attached hydrogens (primary N) is 1. The Morgan fingerprint density at radius 2 is 1.92 bits per heavy atom. The molecule has 0 saturated heterocycles. The maximum Gasteiger partial charge on any atom is 0.182 e. The van der Waals surface area contributed by atoms with Crippen molar-refractivity contribution in [1.29, 1.82) is 0 Å². The summed E-state index contributed by atoms with van der Waals surface area (Å²) in [6, 6.07) is 14.1. The molecule has 2 aromatic carbocycles. The zero-order valence-corrected chi connectivity index (χ0v) is 15.9. The molecule has 3 rings (SSSR count). The van der Waals surface area contributed by atoms with E-state index in [-0.39, 0.29) is 16.5 Å². The standard InChI is InChI=1S/C19H20FNO3S2/c1-2-24-12-19(18(21)25)16(13-7-6-8-14(20)11-13)17(19)26(22,23)15-9-4-3-5-10-15/h3-11,16-17H,2,12H2,1H3,(H2,21,25)/t16-,17+,19-/m0/s1. The summed E-state index contributed by atoms with van der Waals surface area (Å²) in [5.74, 6) is -0.981. The summed E-state index contributed by atoms with van der Waals surface area (Å²) in [5, 5.41) is -0.886. The molecule has 0 heterocycles. The second kappa shape index (κ2) is 7.06. The lowest BCUT2D eigenvalue weighted by Crippen LogP contribution is -2.33. The van der Waals surface area contributed by atoms with Gasteiger partial charge in [-0.25, -0.2) is 12.8 Å². The van der Waals surface area contributed by atoms with E-state index < -0.39 is 32.2 Å². The molecule has 0 spiro atoms. The Morgan fingerprint density at radius 1 is 1.23 bits per heavy atom. The van der Waals surface area contributed by atoms with Crippen molar-refractivity contribution in [3.05, 3.63) is 66.0 Å². The molecule has 0 bridgehead atoms. The van der Waals surface area contributed by atoms with Gasteiger partial charge < -0.3 is 10.5 Å². The lowest BCUT2D eigenvalue weighted by atomic mass is 10.00. The van der Waals surface area contributed by atoms with Gasteiger partial charge in [-0.2, -0.15) is 0 Å². The molecule has 0 radical (unpaired) electrons. The van der Waals surface area contributed by atoms with Crippen LogP contribution >= 0.6 is 12.2 Å². The highest BCUT2D eigenvalue weighted by molar-refractivity contribution is 7.92. The third-order valence-electron chi connectivity index (χ3n) is 4.87. The second-order valence-electron chi connectivity index (χ2n) is 6.35. The van der Waals surface area contributed by atoms with Crippen molar-refractivity contribution in [2.24, 2.45) is 11.1 Å². The first-order chi connectivity index (χ1) is 12.4. The topological polar surface area (TPSA) is 69.4 Å². The smallest absolute Gasteiger partial charge is 0.182 e. The summed E-state index contributed by atoms with van der Waals surface area (Å²) in [5.41, 5.74) is 5.51. The average Bonchev–Trinajstić information content (AvgIpc) is 3.32. The molecule has 138 valence electrons. The second-order valence-corrected chi connectivity index (χ2v) is 8.86. The summed E-state index contributed by atoms with van der Waals surface area (Å²) in [7, 11) is -3.73. The van der Waals surface area contributed by atoms with E-state index in [1.807, 2.05) is 6.92 Å². The van der Waals surface area contributed by atoms with Crippen LogP contribution in [0.25, 0.3) is 0 Å². The molecular formula is C19H20FNO3S2. The molecule has 4 nitrogen and oxygen atoms in total. The van der Waals surface area contributed by atoms with Crippen LogP contribution in [0.5, 0.6) is 0 Å². The highest BCUT2D eigenvalue weighted by atomic mass is 32.2. The zero-order chi connectivity index (χ0) is 18.9. The SMILES string of the molecule is CCOC[C@@]1(C(N)=S)[C@H](S(=O)(=O)c2ccccc2)[C@@H]1c1cccc(F)c1. The number of ether oxygens (including phenoxy) is 1. The van der Waals surface area contributed by atoms with Crippen LogP contribution in [-0.4, -0.2) is 31.9 Å². The number of benzene rings is 2. The van der Waals surface area contributed by atoms with Gasteiger partial charge in [-0.15, -0.1) is 0 Å². The van der Waals surface area contributed by atoms with Crippen LogP contribution in [-0.2, 0) is 14.6 Å². The maximum absolute atomic E-state index is 13.8. The van der Waals surface area contributed by atoms with E-state index in [2.05, 4.69) is 0 Å². The number of rotatable bonds is 7. The molecular weight excluding hydrogens is 373 g/mol. The van der Waals surface area contributed by atoms with Crippen molar-refractivity contribution in [2.75, 3.05) is 13.2 Å². The van der Waals surface area contributed by atoms with E-state index in [9.17, 15) is 12.8 Å². The van der Waals surface area contributed by atoms with Crippen LogP contribution in [0, 0.1) is 11.2 Å². The number of hydrogen-bond donors (Lipinski definition) is 1. The third-order valence-corrected chi connectivity index (χ3v) is 7.54. The van der Waals surface area contributed by atoms with Gasteiger partial charge in [-0.3, -0.25) is 0 Å². The van der Waals surface area contributed by atoms with Gasteiger partial charge in [0.05, 0.1) is 27.2 Å². The number of hydrogen-bond acceptors (Lipinski definition) is 4. The number of thiocarbonyl (C=S) groups is 1. The molecule has 0 aliphatic heterocycles. The summed E-state index contributed by atoms with van der Waals surface area (Å²) in [4.78, 5) is 0.269. The predicted molar refractivity (Wildman–Crippen MR) is 102 cm³/mol. The lowest BCUT2D eigenvalue weighted by Gasteiger charge is -2.17. The fourth-order valence-electron chi connectivity index (χ4n) is 3.60. The Morgan fingerprint density at radius 3 is 2.50 bits per heavy atom. The Kier molecular flexibility index (Phi) is 5.14. The predicted octanol–water partition coefficient (Wildman–Crippen LogP) is 3.07. The molecule has 26 heavy (non-hydrogen) atoms. The van der Waals surface area contributed by atoms with Crippen LogP contribution in [0.15, 0.2) is 59.5 Å². The van der Waals surface area contributed by atoms with Gasteiger partial charge in [0, 0.05) is 12.5 Å². The molecule has 0 aromatic heterocycles. The normalized spacial score (nSPS) is 25.0. The first-order valence-corrected chi connectivity index (χ1v) is 10.2. The van der Waals surface area contributed by atoms with Crippen molar-refractivity contribution >= 4 is 27.0 Å². The summed E-state index contributed by atoms with van der Waals surface area (Å²) in [6.45, 7) is 2.29. The summed E-state index contributed by atoms with van der Waals surface area (Å²) >= 11 is 5.25. The van der Waals surface area contributed by atoms with Gasteiger partial charge >= 0.3 is 0 Å². The fraction of sp³-hybridized carbons (Fsp3) is 0.316. The minimum Gasteiger partial charge on any atom is -0.393 e. The highest BCUT2D eigenvalue weighted by Gasteiger charge is 2.73. The fourth-order valence-corrected chi connectivity index (χ4v) is 6.39. The first kappa shape index (κ1) is 18.9. The molecule has 2 N–H and O–H groups in total. The van der Waals surface area contributed by atoms with Crippen LogP contribution in [0.4, 0.5) is 4.39 Å². The van der Waals surface area contributed by atoms with Gasteiger partial charge in [0.15, 0.2) is 9.84 Å². The van der Waals surface area contributed by atoms with Crippen molar-refractivity contribution < 1.29 is 17.5 Å². The summed E-state index contributed by atoms with van der Waals surface area (Å²) in [6.07, 6.45) is 0. The third kappa shape index (κ3) is 3.04. The molecule has 1 aliphatic rings. The van der Waals surface area contributed by atoms with Crippen molar-refractivity contribution in [3.8, 4) is 0 Å². The van der Waals surface area contributed by atoms with Crippen LogP contribution in [0.3, 0.4) is 0 Å². The monoisotopic (exact) mass is 393 g/mol. The van der Waals surface area contributed by atoms with E-state index in [4.69, 9.17) is 22.7 Å². The molecule has 3 atom stereocenters. The molecule has 1 saturated carbocycles. The average molecular weight is 394 g/mol. The van der Waals surface area contributed by atoms with Crippen LogP contribution in [0.2, 0.25) is 0 Å². The molecule has 0 unspecified atom stereocenters. The van der Waals surface area contributed by atoms with Crippen molar-refractivity contribution in [2.45, 2.75) is 23.0 Å². The van der Waals surface area contributed by atoms with Gasteiger partial charge in [0.2, 0.25) is 0 Å². The molecule has 0 amide bonds. The van der Waals surface area contributed by atoms with Crippen LogP contribution < -0.4 is 5.73 Å². The highest BCUT2D eigenvalue weighted by Crippen LogP contribution is 2.64. The molecule has 2 aromatic rings. The number of halogens is 1. The molecule has 1 aliphatic carbocycles. The van der Waals surface area contributed by atoms with Crippen molar-refractivity contribution in [1.82, 2.24) is 0 Å². The van der Waals surface area contributed by atoms with E-state index in [1.165, 1.54) is 12.1 Å². The Balaban J connectivity index is 2.12. The van der Waals surface area contributed by atoms with Gasteiger partial charge in [-0.1, -0.05) is 42.5 Å². The molecule has 1 fully saturated rings. The number of sulfone groups is 1. The first-order valence-electron chi connectivity index (χ1n) is 8.27. The Bertz CT molecular complexity index is 917. The lowest BCUT2D eigenvalue weighted by molar-refractivity contribution is 0.121. The van der Waals surface area contributed by atoms with E-state index in [0.29, 0.717) is 12.2 Å². The van der Waals surface area contributed by atoms with E-state index in [0.717, 1.165) is 0 Å². The minimum atomic E-state index is -3.73. The van der Waals surface area contributed by atoms with E-state index >= 15 is 0 Å². The zero-order valence-electron chi connectivity index (χ0n) is 14.3. The largest absolute Gasteiger partial charge is 0.393 e. The van der Waals surface area contributed by atoms with Gasteiger partial charge in [-0.05, 0) is 36.8 Å². The quantitative estimate of drug-likeness (QED) is 0.732. The molecule has 7 heteroatoms. The van der Waals surface area contributed by atoms with Crippen LogP contribution in [0.1, 0.15) is 18.4 Å². The minimum absolute atomic E-state index is 0.0738. The van der Waals surface area contributed by atoms with E-state index in [1.54, 1.807) is 42.5 Å². The maximum atomic E-state index is 13.8. The summed E-state index contributed by atoms with van der Waals surface area (Å²) < 4.78 is 45.9. The van der Waals surface area contributed by atoms with Gasteiger partial charge in [0.25, 0.3) is 0 Å².